The van der Waals surface area contributed by atoms with Gasteiger partial charge in [0.2, 0.25) is 0 Å². The van der Waals surface area contributed by atoms with Gasteiger partial charge in [0.1, 0.15) is 0 Å². The van der Waals surface area contributed by atoms with Gasteiger partial charge in [-0.25, -0.2) is 9.97 Å². The van der Waals surface area contributed by atoms with Crippen LogP contribution in [0.25, 0.3) is 100.0 Å². The van der Waals surface area contributed by atoms with Crippen LogP contribution in [0.5, 0.6) is 0 Å². The predicted molar refractivity (Wildman–Crippen MR) is 247 cm³/mol. The zero-order valence-electron chi connectivity index (χ0n) is 33.0. The van der Waals surface area contributed by atoms with Crippen molar-refractivity contribution in [3.63, 3.8) is 0 Å². The summed E-state index contributed by atoms with van der Waals surface area (Å²) in [5.41, 5.74) is 17.3. The number of hydrogen-bond donors (Lipinski definition) is 0. The number of benzene rings is 9. The predicted octanol–water partition coefficient (Wildman–Crippen LogP) is 15.1. The Morgan fingerprint density at radius 3 is 1.37 bits per heavy atom. The second kappa shape index (κ2) is 13.9. The van der Waals surface area contributed by atoms with Crippen LogP contribution in [0.1, 0.15) is 25.0 Å². The Kier molecular flexibility index (Phi) is 8.20. The van der Waals surface area contributed by atoms with Crippen LogP contribution in [0, 0.1) is 0 Å². The standard InChI is InChI=1S/C57H40N2/c1-57(2)52-35-44(30-31-49(52)50-32-29-41-17-9-10-18-46(41)55(50)57)45-33-34-51(48-20-12-11-19-47(45)48)56-58-53(42-25-21-39(22-26-42)37-13-5-3-6-14-37)36-54(59-56)43-27-23-40(24-28-43)38-15-7-4-8-16-38/h3-36H,1-2H3. The molecule has 1 heterocycles. The maximum absolute atomic E-state index is 5.32. The van der Waals surface area contributed by atoms with Crippen molar-refractivity contribution in [1.29, 1.82) is 0 Å². The Hall–Kier alpha value is -7.42. The van der Waals surface area contributed by atoms with Gasteiger partial charge >= 0.3 is 0 Å². The monoisotopic (exact) mass is 752 g/mol. The zero-order chi connectivity index (χ0) is 39.5. The second-order valence-electron chi connectivity index (χ2n) is 16.1. The summed E-state index contributed by atoms with van der Waals surface area (Å²) < 4.78 is 0. The van der Waals surface area contributed by atoms with Crippen molar-refractivity contribution in [3.8, 4) is 78.4 Å². The highest BCUT2D eigenvalue weighted by Gasteiger charge is 2.37. The van der Waals surface area contributed by atoms with E-state index in [0.29, 0.717) is 5.82 Å². The highest BCUT2D eigenvalue weighted by atomic mass is 14.9. The summed E-state index contributed by atoms with van der Waals surface area (Å²) in [6.07, 6.45) is 0. The summed E-state index contributed by atoms with van der Waals surface area (Å²) in [5.74, 6) is 0.705. The van der Waals surface area contributed by atoms with E-state index in [4.69, 9.17) is 9.97 Å². The normalized spacial score (nSPS) is 12.7. The molecule has 0 N–H and O–H groups in total. The van der Waals surface area contributed by atoms with E-state index in [1.807, 2.05) is 0 Å². The maximum atomic E-state index is 5.32. The van der Waals surface area contributed by atoms with Gasteiger partial charge in [0.15, 0.2) is 5.82 Å². The Balaban J connectivity index is 1.03. The number of nitrogens with zero attached hydrogens (tertiary/aromatic N) is 2. The molecule has 2 nitrogen and oxygen atoms in total. The average Bonchev–Trinajstić information content (AvgIpc) is 3.54. The van der Waals surface area contributed by atoms with E-state index < -0.39 is 0 Å². The third-order valence-electron chi connectivity index (χ3n) is 12.3. The minimum atomic E-state index is -0.138. The van der Waals surface area contributed by atoms with E-state index in [1.54, 1.807) is 0 Å². The molecular weight excluding hydrogens is 713 g/mol. The second-order valence-corrected chi connectivity index (χ2v) is 16.1. The fraction of sp³-hybridized carbons (Fsp3) is 0.0526. The number of hydrogen-bond acceptors (Lipinski definition) is 2. The molecule has 0 atom stereocenters. The van der Waals surface area contributed by atoms with Crippen LogP contribution in [0.15, 0.2) is 206 Å². The van der Waals surface area contributed by atoms with Crippen LogP contribution in [0.2, 0.25) is 0 Å². The molecule has 0 bridgehead atoms. The molecule has 9 aromatic carbocycles. The number of fused-ring (bicyclic) bond motifs is 6. The van der Waals surface area contributed by atoms with E-state index >= 15 is 0 Å². The van der Waals surface area contributed by atoms with Gasteiger partial charge in [-0.2, -0.15) is 0 Å². The summed E-state index contributed by atoms with van der Waals surface area (Å²) in [6, 6.07) is 74.2. The molecule has 1 aliphatic rings. The van der Waals surface area contributed by atoms with Gasteiger partial charge in [0.25, 0.3) is 0 Å². The smallest absolute Gasteiger partial charge is 0.161 e. The van der Waals surface area contributed by atoms with Gasteiger partial charge in [0.05, 0.1) is 11.4 Å². The van der Waals surface area contributed by atoms with Crippen LogP contribution >= 0.6 is 0 Å². The Morgan fingerprint density at radius 1 is 0.322 bits per heavy atom. The fourth-order valence-electron chi connectivity index (χ4n) is 9.31. The van der Waals surface area contributed by atoms with Gasteiger partial charge in [-0.05, 0) is 95.4 Å². The Morgan fingerprint density at radius 2 is 0.763 bits per heavy atom. The van der Waals surface area contributed by atoms with E-state index in [0.717, 1.165) is 33.5 Å². The lowest BCUT2D eigenvalue weighted by atomic mass is 9.79. The molecule has 11 rings (SSSR count). The SMILES string of the molecule is CC1(C)c2cc(-c3ccc(-c4nc(-c5ccc(-c6ccccc6)cc5)cc(-c5ccc(-c6ccccc6)cc5)n4)c4ccccc34)ccc2-c2ccc3ccccc3c21. The average molecular weight is 753 g/mol. The van der Waals surface area contributed by atoms with E-state index in [2.05, 4.69) is 220 Å². The zero-order valence-corrected chi connectivity index (χ0v) is 33.0. The molecule has 0 fully saturated rings. The third kappa shape index (κ3) is 5.96. The van der Waals surface area contributed by atoms with Gasteiger partial charge in [-0.3, -0.25) is 0 Å². The minimum Gasteiger partial charge on any atom is -0.228 e. The van der Waals surface area contributed by atoms with E-state index in [-0.39, 0.29) is 5.41 Å². The highest BCUT2D eigenvalue weighted by Crippen LogP contribution is 2.52. The Labute approximate surface area is 345 Å². The lowest BCUT2D eigenvalue weighted by Crippen LogP contribution is -2.15. The first-order valence-electron chi connectivity index (χ1n) is 20.4. The molecule has 1 aromatic heterocycles. The molecule has 10 aromatic rings. The first kappa shape index (κ1) is 34.8. The van der Waals surface area contributed by atoms with Crippen LogP contribution in [-0.4, -0.2) is 9.97 Å². The van der Waals surface area contributed by atoms with Crippen molar-refractivity contribution in [2.45, 2.75) is 19.3 Å². The molecule has 2 heteroatoms. The summed E-state index contributed by atoms with van der Waals surface area (Å²) in [6.45, 7) is 4.75. The first-order chi connectivity index (χ1) is 29.0. The number of rotatable bonds is 6. The van der Waals surface area contributed by atoms with Crippen molar-refractivity contribution < 1.29 is 0 Å². The van der Waals surface area contributed by atoms with Gasteiger partial charge < -0.3 is 0 Å². The van der Waals surface area contributed by atoms with E-state index in [1.165, 1.54) is 71.8 Å². The summed E-state index contributed by atoms with van der Waals surface area (Å²) in [5, 5.41) is 4.93. The van der Waals surface area contributed by atoms with Gasteiger partial charge in [-0.15, -0.1) is 0 Å². The number of aromatic nitrogens is 2. The molecule has 1 aliphatic carbocycles. The summed E-state index contributed by atoms with van der Waals surface area (Å²) >= 11 is 0. The van der Waals surface area contributed by atoms with Crippen molar-refractivity contribution in [3.05, 3.63) is 217 Å². The molecule has 0 radical (unpaired) electrons. The maximum Gasteiger partial charge on any atom is 0.161 e. The molecule has 0 saturated heterocycles. The molecular formula is C57H40N2. The highest BCUT2D eigenvalue weighted by molar-refractivity contribution is 6.05. The summed E-state index contributed by atoms with van der Waals surface area (Å²) in [7, 11) is 0. The molecule has 278 valence electrons. The van der Waals surface area contributed by atoms with Crippen molar-refractivity contribution in [1.82, 2.24) is 9.97 Å². The first-order valence-corrected chi connectivity index (χ1v) is 20.4. The molecule has 0 aliphatic heterocycles. The molecule has 0 unspecified atom stereocenters. The lowest BCUT2D eigenvalue weighted by Gasteiger charge is -2.24. The van der Waals surface area contributed by atoms with Crippen LogP contribution in [0.3, 0.4) is 0 Å². The topological polar surface area (TPSA) is 25.8 Å². The Bertz CT molecular complexity index is 3100. The quantitative estimate of drug-likeness (QED) is 0.169. The van der Waals surface area contributed by atoms with Crippen molar-refractivity contribution in [2.24, 2.45) is 0 Å². The van der Waals surface area contributed by atoms with Crippen LogP contribution in [0.4, 0.5) is 0 Å². The van der Waals surface area contributed by atoms with Gasteiger partial charge in [0, 0.05) is 22.1 Å². The van der Waals surface area contributed by atoms with Gasteiger partial charge in [-0.1, -0.05) is 202 Å². The van der Waals surface area contributed by atoms with E-state index in [9.17, 15) is 0 Å². The summed E-state index contributed by atoms with van der Waals surface area (Å²) in [4.78, 5) is 10.6. The third-order valence-corrected chi connectivity index (χ3v) is 12.3. The molecule has 0 amide bonds. The van der Waals surface area contributed by atoms with Crippen LogP contribution < -0.4 is 0 Å². The van der Waals surface area contributed by atoms with Crippen molar-refractivity contribution in [2.75, 3.05) is 0 Å². The minimum absolute atomic E-state index is 0.138. The van der Waals surface area contributed by atoms with Crippen molar-refractivity contribution >= 4 is 21.5 Å². The molecule has 59 heavy (non-hydrogen) atoms. The molecule has 0 spiro atoms. The largest absolute Gasteiger partial charge is 0.228 e. The molecule has 0 saturated carbocycles. The van der Waals surface area contributed by atoms with Crippen LogP contribution in [-0.2, 0) is 5.41 Å². The lowest BCUT2D eigenvalue weighted by molar-refractivity contribution is 0.666. The fourth-order valence-corrected chi connectivity index (χ4v) is 9.31.